The van der Waals surface area contributed by atoms with Crippen molar-refractivity contribution in [2.24, 2.45) is 5.92 Å². The Hall–Kier alpha value is -1.59. The van der Waals surface area contributed by atoms with Crippen LogP contribution in [-0.2, 0) is 14.4 Å². The highest BCUT2D eigenvalue weighted by atomic mass is 16.4. The minimum Gasteiger partial charge on any atom is -0.480 e. The zero-order valence-corrected chi connectivity index (χ0v) is 16.1. The summed E-state index contributed by atoms with van der Waals surface area (Å²) in [5, 5.41) is 14.1. The van der Waals surface area contributed by atoms with Crippen LogP contribution in [0, 0.1) is 5.92 Å². The Morgan fingerprint density at radius 1 is 0.880 bits per heavy atom. The largest absolute Gasteiger partial charge is 0.480 e. The maximum absolute atomic E-state index is 11.8. The Labute approximate surface area is 152 Å². The van der Waals surface area contributed by atoms with E-state index in [2.05, 4.69) is 17.6 Å². The molecule has 0 aromatic carbocycles. The molecule has 0 radical (unpaired) electrons. The zero-order valence-electron chi connectivity index (χ0n) is 16.1. The monoisotopic (exact) mass is 356 g/mol. The molecule has 1 atom stereocenters. The van der Waals surface area contributed by atoms with Crippen molar-refractivity contribution in [1.29, 1.82) is 0 Å². The number of hydrogen-bond donors (Lipinski definition) is 3. The zero-order chi connectivity index (χ0) is 19.1. The Morgan fingerprint density at radius 3 is 1.96 bits per heavy atom. The molecule has 6 heteroatoms. The predicted octanol–water partition coefficient (Wildman–Crippen LogP) is 3.25. The molecule has 0 bridgehead atoms. The van der Waals surface area contributed by atoms with Crippen molar-refractivity contribution in [3.63, 3.8) is 0 Å². The summed E-state index contributed by atoms with van der Waals surface area (Å²) in [5.41, 5.74) is 0. The van der Waals surface area contributed by atoms with Crippen LogP contribution in [0.1, 0.15) is 85.0 Å². The first-order valence-corrected chi connectivity index (χ1v) is 9.65. The number of carbonyl (C=O) groups is 3. The molecule has 0 heterocycles. The van der Waals surface area contributed by atoms with Crippen LogP contribution in [0.15, 0.2) is 0 Å². The average Bonchev–Trinajstić information content (AvgIpc) is 2.54. The van der Waals surface area contributed by atoms with Crippen LogP contribution in [0.4, 0.5) is 0 Å². The van der Waals surface area contributed by atoms with Gasteiger partial charge in [0.1, 0.15) is 6.04 Å². The van der Waals surface area contributed by atoms with Gasteiger partial charge in [0.05, 0.1) is 6.54 Å². The molecule has 0 saturated heterocycles. The smallest absolute Gasteiger partial charge is 0.326 e. The van der Waals surface area contributed by atoms with Crippen molar-refractivity contribution in [1.82, 2.24) is 10.6 Å². The van der Waals surface area contributed by atoms with Crippen LogP contribution in [0.5, 0.6) is 0 Å². The summed E-state index contributed by atoms with van der Waals surface area (Å²) in [5.74, 6) is -1.50. The Balaban J connectivity index is 3.76. The van der Waals surface area contributed by atoms with Crippen LogP contribution in [0.2, 0.25) is 0 Å². The number of aliphatic carboxylic acids is 1. The molecule has 2 amide bonds. The van der Waals surface area contributed by atoms with Gasteiger partial charge in [0.25, 0.3) is 0 Å². The normalized spacial score (nSPS) is 12.0. The van der Waals surface area contributed by atoms with Crippen molar-refractivity contribution < 1.29 is 19.5 Å². The molecule has 0 aromatic rings. The number of amides is 2. The van der Waals surface area contributed by atoms with Gasteiger partial charge in [-0.3, -0.25) is 9.59 Å². The molecular weight excluding hydrogens is 320 g/mol. The van der Waals surface area contributed by atoms with E-state index in [0.29, 0.717) is 12.8 Å². The second-order valence-electron chi connectivity index (χ2n) is 7.09. The van der Waals surface area contributed by atoms with Gasteiger partial charge >= 0.3 is 5.97 Å². The Kier molecular flexibility index (Phi) is 13.8. The topological polar surface area (TPSA) is 95.5 Å². The number of hydrogen-bond acceptors (Lipinski definition) is 3. The number of unbranched alkanes of at least 4 members (excludes halogenated alkanes) is 7. The van der Waals surface area contributed by atoms with Gasteiger partial charge in [0.15, 0.2) is 0 Å². The van der Waals surface area contributed by atoms with E-state index in [9.17, 15) is 14.4 Å². The van der Waals surface area contributed by atoms with Gasteiger partial charge < -0.3 is 15.7 Å². The maximum Gasteiger partial charge on any atom is 0.326 e. The predicted molar refractivity (Wildman–Crippen MR) is 99.3 cm³/mol. The third-order valence-electron chi connectivity index (χ3n) is 4.04. The summed E-state index contributed by atoms with van der Waals surface area (Å²) in [4.78, 5) is 34.6. The molecule has 0 rings (SSSR count). The van der Waals surface area contributed by atoms with Gasteiger partial charge in [0, 0.05) is 6.42 Å². The molecule has 0 unspecified atom stereocenters. The Morgan fingerprint density at radius 2 is 1.44 bits per heavy atom. The fourth-order valence-electron chi connectivity index (χ4n) is 2.62. The molecule has 0 aliphatic heterocycles. The van der Waals surface area contributed by atoms with Crippen molar-refractivity contribution >= 4 is 17.8 Å². The van der Waals surface area contributed by atoms with E-state index in [0.717, 1.165) is 19.3 Å². The van der Waals surface area contributed by atoms with Crippen molar-refractivity contribution in [2.75, 3.05) is 6.54 Å². The SMILES string of the molecule is CCCCCCCCCCC(=O)NCC(=O)N[C@@H](CC(C)C)C(=O)O. The average molecular weight is 357 g/mol. The number of nitrogens with one attached hydrogen (secondary N) is 2. The molecule has 25 heavy (non-hydrogen) atoms. The number of carboxylic acid groups (broad SMARTS) is 1. The fourth-order valence-corrected chi connectivity index (χ4v) is 2.62. The first-order chi connectivity index (χ1) is 11.9. The Bertz CT molecular complexity index is 397. The molecular formula is C19H36N2O4. The van der Waals surface area contributed by atoms with E-state index in [1.54, 1.807) is 0 Å². The van der Waals surface area contributed by atoms with E-state index in [1.165, 1.54) is 32.1 Å². The van der Waals surface area contributed by atoms with Gasteiger partial charge in [-0.25, -0.2) is 4.79 Å². The lowest BCUT2D eigenvalue weighted by Gasteiger charge is -2.16. The van der Waals surface area contributed by atoms with Crippen molar-refractivity contribution in [3.05, 3.63) is 0 Å². The van der Waals surface area contributed by atoms with Crippen LogP contribution in [-0.4, -0.2) is 35.5 Å². The quantitative estimate of drug-likeness (QED) is 0.393. The summed E-state index contributed by atoms with van der Waals surface area (Å²) in [6.45, 7) is 5.82. The minimum atomic E-state index is -1.05. The van der Waals surface area contributed by atoms with E-state index < -0.39 is 17.9 Å². The third-order valence-corrected chi connectivity index (χ3v) is 4.04. The fraction of sp³-hybridized carbons (Fsp3) is 0.842. The lowest BCUT2D eigenvalue weighted by molar-refractivity contribution is -0.142. The van der Waals surface area contributed by atoms with Crippen LogP contribution in [0.3, 0.4) is 0 Å². The van der Waals surface area contributed by atoms with Gasteiger partial charge in [0.2, 0.25) is 11.8 Å². The molecule has 0 aromatic heterocycles. The highest BCUT2D eigenvalue weighted by molar-refractivity contribution is 5.87. The summed E-state index contributed by atoms with van der Waals surface area (Å²) in [6, 6.07) is -0.905. The maximum atomic E-state index is 11.8. The van der Waals surface area contributed by atoms with Crippen LogP contribution >= 0.6 is 0 Å². The highest BCUT2D eigenvalue weighted by Crippen LogP contribution is 2.09. The van der Waals surface area contributed by atoms with Crippen LogP contribution in [0.25, 0.3) is 0 Å². The first-order valence-electron chi connectivity index (χ1n) is 9.65. The van der Waals surface area contributed by atoms with E-state index in [-0.39, 0.29) is 18.4 Å². The van der Waals surface area contributed by atoms with Crippen molar-refractivity contribution in [3.8, 4) is 0 Å². The molecule has 0 saturated carbocycles. The van der Waals surface area contributed by atoms with Crippen LogP contribution < -0.4 is 10.6 Å². The minimum absolute atomic E-state index is 0.156. The van der Waals surface area contributed by atoms with Gasteiger partial charge in [-0.05, 0) is 18.8 Å². The lowest BCUT2D eigenvalue weighted by Crippen LogP contribution is -2.46. The summed E-state index contributed by atoms with van der Waals surface area (Å²) in [7, 11) is 0. The summed E-state index contributed by atoms with van der Waals surface area (Å²) in [6.07, 6.45) is 10.1. The molecule has 6 nitrogen and oxygen atoms in total. The van der Waals surface area contributed by atoms with E-state index in [1.807, 2.05) is 13.8 Å². The number of rotatable bonds is 15. The standard InChI is InChI=1S/C19H36N2O4/c1-4-5-6-7-8-9-10-11-12-17(22)20-14-18(23)21-16(19(24)25)13-15(2)3/h15-16H,4-14H2,1-3H3,(H,20,22)(H,21,23)(H,24,25)/t16-/m0/s1. The van der Waals surface area contributed by atoms with Gasteiger partial charge in [-0.15, -0.1) is 0 Å². The summed E-state index contributed by atoms with van der Waals surface area (Å²) < 4.78 is 0. The lowest BCUT2D eigenvalue weighted by atomic mass is 10.0. The van der Waals surface area contributed by atoms with Crippen molar-refractivity contribution in [2.45, 2.75) is 91.0 Å². The molecule has 0 aliphatic carbocycles. The number of carboxylic acids is 1. The summed E-state index contributed by atoms with van der Waals surface area (Å²) >= 11 is 0. The number of carbonyl (C=O) groups excluding carboxylic acids is 2. The highest BCUT2D eigenvalue weighted by Gasteiger charge is 2.21. The first kappa shape index (κ1) is 23.4. The molecule has 146 valence electrons. The van der Waals surface area contributed by atoms with Gasteiger partial charge in [-0.2, -0.15) is 0 Å². The molecule has 0 spiro atoms. The van der Waals surface area contributed by atoms with Gasteiger partial charge in [-0.1, -0.05) is 65.7 Å². The molecule has 3 N–H and O–H groups in total. The van der Waals surface area contributed by atoms with E-state index in [4.69, 9.17) is 5.11 Å². The molecule has 0 fully saturated rings. The molecule has 0 aliphatic rings. The van der Waals surface area contributed by atoms with E-state index >= 15 is 0 Å². The third kappa shape index (κ3) is 14.5. The second-order valence-corrected chi connectivity index (χ2v) is 7.09. The second kappa shape index (κ2) is 14.7.